The molecule has 0 saturated carbocycles. The van der Waals surface area contributed by atoms with Crippen molar-refractivity contribution in [2.45, 2.75) is 39.3 Å². The van der Waals surface area contributed by atoms with Crippen molar-refractivity contribution < 1.29 is 4.74 Å². The predicted octanol–water partition coefficient (Wildman–Crippen LogP) is 3.10. The summed E-state index contributed by atoms with van der Waals surface area (Å²) < 4.78 is 8.47. The highest BCUT2D eigenvalue weighted by Crippen LogP contribution is 2.24. The molecule has 0 saturated heterocycles. The van der Waals surface area contributed by atoms with E-state index in [1.165, 1.54) is 0 Å². The minimum absolute atomic E-state index is 0.0269. The minimum atomic E-state index is 0.0269. The van der Waals surface area contributed by atoms with E-state index in [9.17, 15) is 0 Å². The molecule has 0 amide bonds. The number of para-hydroxylation sites is 1. The van der Waals surface area contributed by atoms with Crippen molar-refractivity contribution in [3.8, 4) is 5.75 Å². The van der Waals surface area contributed by atoms with Crippen LogP contribution >= 0.6 is 15.9 Å². The molecule has 2 N–H and O–H groups in total. The molecule has 0 aliphatic carbocycles. The van der Waals surface area contributed by atoms with Gasteiger partial charge in [0.05, 0.1) is 23.0 Å². The van der Waals surface area contributed by atoms with Crippen molar-refractivity contribution in [2.75, 3.05) is 7.11 Å². The molecular formula is C16H22BrN3O. The minimum Gasteiger partial charge on any atom is -0.496 e. The maximum Gasteiger partial charge on any atom is 0.122 e. The lowest BCUT2D eigenvalue weighted by Gasteiger charge is -2.15. The van der Waals surface area contributed by atoms with Gasteiger partial charge in [-0.3, -0.25) is 4.68 Å². The number of nitrogens with two attached hydrogens (primary N) is 1. The Balaban J connectivity index is 2.13. The number of rotatable bonds is 6. The summed E-state index contributed by atoms with van der Waals surface area (Å²) in [6, 6.07) is 8.05. The summed E-state index contributed by atoms with van der Waals surface area (Å²) in [4.78, 5) is 0. The lowest BCUT2D eigenvalue weighted by molar-refractivity contribution is 0.407. The second kappa shape index (κ2) is 7.09. The Bertz CT molecular complexity index is 610. The van der Waals surface area contributed by atoms with Crippen LogP contribution in [-0.2, 0) is 19.4 Å². The van der Waals surface area contributed by atoms with E-state index in [-0.39, 0.29) is 6.04 Å². The Labute approximate surface area is 134 Å². The number of aromatic nitrogens is 2. The number of hydrogen-bond donors (Lipinski definition) is 1. The molecule has 4 nitrogen and oxygen atoms in total. The van der Waals surface area contributed by atoms with Gasteiger partial charge < -0.3 is 10.5 Å². The molecule has 1 atom stereocenters. The first-order valence-corrected chi connectivity index (χ1v) is 7.95. The fourth-order valence-corrected chi connectivity index (χ4v) is 2.98. The van der Waals surface area contributed by atoms with Gasteiger partial charge in [-0.25, -0.2) is 0 Å². The highest BCUT2D eigenvalue weighted by molar-refractivity contribution is 9.10. The Hall–Kier alpha value is -1.33. The fraction of sp³-hybridized carbons (Fsp3) is 0.438. The fourth-order valence-electron chi connectivity index (χ4n) is 2.54. The molecule has 1 aromatic carbocycles. The lowest BCUT2D eigenvalue weighted by atomic mass is 10.0. The summed E-state index contributed by atoms with van der Waals surface area (Å²) in [6.45, 7) is 4.95. The Morgan fingerprint density at radius 2 is 2.05 bits per heavy atom. The summed E-state index contributed by atoms with van der Waals surface area (Å²) >= 11 is 3.62. The van der Waals surface area contributed by atoms with Gasteiger partial charge in [0.25, 0.3) is 0 Å². The van der Waals surface area contributed by atoms with Crippen LogP contribution in [0.25, 0.3) is 0 Å². The molecular weight excluding hydrogens is 330 g/mol. The molecule has 0 fully saturated rings. The van der Waals surface area contributed by atoms with Gasteiger partial charge in [-0.2, -0.15) is 5.10 Å². The molecule has 1 aromatic heterocycles. The average Bonchev–Trinajstić information content (AvgIpc) is 2.75. The molecule has 2 aromatic rings. The van der Waals surface area contributed by atoms with Crippen LogP contribution in [0.5, 0.6) is 5.75 Å². The van der Waals surface area contributed by atoms with Crippen LogP contribution in [0.2, 0.25) is 0 Å². The number of halogens is 1. The normalized spacial score (nSPS) is 12.4. The van der Waals surface area contributed by atoms with Crippen molar-refractivity contribution in [1.82, 2.24) is 9.78 Å². The summed E-state index contributed by atoms with van der Waals surface area (Å²) in [5, 5.41) is 4.51. The highest BCUT2D eigenvalue weighted by atomic mass is 79.9. The Morgan fingerprint density at radius 1 is 1.33 bits per heavy atom. The first-order valence-electron chi connectivity index (χ1n) is 7.16. The van der Waals surface area contributed by atoms with Crippen LogP contribution < -0.4 is 10.5 Å². The van der Waals surface area contributed by atoms with Crippen LogP contribution in [0.1, 0.15) is 23.9 Å². The molecule has 0 bridgehead atoms. The smallest absolute Gasteiger partial charge is 0.122 e. The molecule has 114 valence electrons. The number of nitrogens with zero attached hydrogens (tertiary/aromatic N) is 2. The third kappa shape index (κ3) is 3.66. The van der Waals surface area contributed by atoms with Crippen LogP contribution in [0.3, 0.4) is 0 Å². The van der Waals surface area contributed by atoms with Crippen molar-refractivity contribution in [3.63, 3.8) is 0 Å². The monoisotopic (exact) mass is 351 g/mol. The van der Waals surface area contributed by atoms with Crippen LogP contribution in [0.4, 0.5) is 0 Å². The topological polar surface area (TPSA) is 53.1 Å². The van der Waals surface area contributed by atoms with E-state index < -0.39 is 0 Å². The van der Waals surface area contributed by atoms with Crippen LogP contribution in [-0.4, -0.2) is 22.9 Å². The van der Waals surface area contributed by atoms with Gasteiger partial charge >= 0.3 is 0 Å². The molecule has 0 spiro atoms. The number of methoxy groups -OCH3 is 1. The maximum atomic E-state index is 6.35. The zero-order valence-electron chi connectivity index (χ0n) is 12.8. The van der Waals surface area contributed by atoms with E-state index in [1.807, 2.05) is 29.8 Å². The largest absolute Gasteiger partial charge is 0.496 e. The molecule has 0 aliphatic heterocycles. The van der Waals surface area contributed by atoms with Crippen LogP contribution in [0, 0.1) is 6.92 Å². The standard InChI is InChI=1S/C16H22BrN3O/c1-4-20-14(16(17)11(2)19-20)10-13(18)9-12-7-5-6-8-15(12)21-3/h5-8,13H,4,9-10,18H2,1-3H3. The summed E-state index contributed by atoms with van der Waals surface area (Å²) in [6.07, 6.45) is 1.57. The van der Waals surface area contributed by atoms with Gasteiger partial charge in [0.15, 0.2) is 0 Å². The first-order chi connectivity index (χ1) is 10.1. The second-order valence-corrected chi connectivity index (χ2v) is 5.94. The molecule has 1 heterocycles. The quantitative estimate of drug-likeness (QED) is 0.869. The molecule has 21 heavy (non-hydrogen) atoms. The van der Waals surface area contributed by atoms with Crippen molar-refractivity contribution in [2.24, 2.45) is 5.73 Å². The van der Waals surface area contributed by atoms with E-state index >= 15 is 0 Å². The zero-order chi connectivity index (χ0) is 15.4. The van der Waals surface area contributed by atoms with E-state index in [1.54, 1.807) is 7.11 Å². The summed E-state index contributed by atoms with van der Waals surface area (Å²) in [5.74, 6) is 0.896. The predicted molar refractivity (Wildman–Crippen MR) is 88.7 cm³/mol. The first kappa shape index (κ1) is 16.0. The third-order valence-electron chi connectivity index (χ3n) is 3.58. The van der Waals surface area contributed by atoms with Gasteiger partial charge in [0.2, 0.25) is 0 Å². The number of hydrogen-bond acceptors (Lipinski definition) is 3. The Morgan fingerprint density at radius 3 is 2.71 bits per heavy atom. The van der Waals surface area contributed by atoms with E-state index in [2.05, 4.69) is 34.0 Å². The maximum absolute atomic E-state index is 6.35. The third-order valence-corrected chi connectivity index (χ3v) is 4.61. The number of benzene rings is 1. The number of aryl methyl sites for hydroxylation is 2. The molecule has 2 rings (SSSR count). The van der Waals surface area contributed by atoms with Gasteiger partial charge in [-0.05, 0) is 47.8 Å². The van der Waals surface area contributed by atoms with Gasteiger partial charge in [-0.15, -0.1) is 0 Å². The van der Waals surface area contributed by atoms with Crippen molar-refractivity contribution in [1.29, 1.82) is 0 Å². The van der Waals surface area contributed by atoms with E-state index in [0.29, 0.717) is 0 Å². The number of ether oxygens (including phenoxy) is 1. The van der Waals surface area contributed by atoms with E-state index in [0.717, 1.165) is 46.6 Å². The summed E-state index contributed by atoms with van der Waals surface area (Å²) in [5.41, 5.74) is 9.66. The average molecular weight is 352 g/mol. The summed E-state index contributed by atoms with van der Waals surface area (Å²) in [7, 11) is 1.69. The lowest BCUT2D eigenvalue weighted by Crippen LogP contribution is -2.27. The van der Waals surface area contributed by atoms with Crippen LogP contribution in [0.15, 0.2) is 28.7 Å². The SMILES string of the molecule is CCn1nc(C)c(Br)c1CC(N)Cc1ccccc1OC. The Kier molecular flexibility index (Phi) is 5.42. The molecule has 5 heteroatoms. The molecule has 0 aliphatic rings. The van der Waals surface area contributed by atoms with Gasteiger partial charge in [0, 0.05) is 19.0 Å². The van der Waals surface area contributed by atoms with Crippen molar-refractivity contribution >= 4 is 15.9 Å². The molecule has 1 unspecified atom stereocenters. The highest BCUT2D eigenvalue weighted by Gasteiger charge is 2.16. The zero-order valence-corrected chi connectivity index (χ0v) is 14.4. The van der Waals surface area contributed by atoms with Gasteiger partial charge in [-0.1, -0.05) is 18.2 Å². The van der Waals surface area contributed by atoms with Crippen molar-refractivity contribution in [3.05, 3.63) is 45.7 Å². The second-order valence-electron chi connectivity index (χ2n) is 5.14. The van der Waals surface area contributed by atoms with E-state index in [4.69, 9.17) is 10.5 Å². The molecule has 0 radical (unpaired) electrons. The van der Waals surface area contributed by atoms with Gasteiger partial charge in [0.1, 0.15) is 5.75 Å².